The van der Waals surface area contributed by atoms with Crippen LogP contribution in [-0.4, -0.2) is 20.5 Å². The summed E-state index contributed by atoms with van der Waals surface area (Å²) in [5.74, 6) is -0.0535. The van der Waals surface area contributed by atoms with Crippen LogP contribution < -0.4 is 0 Å². The SMILES string of the molecule is CCCn1nccc1C(=O)c1cscn1. The first-order valence-electron chi connectivity index (χ1n) is 4.77. The molecule has 0 aliphatic rings. The molecule has 0 spiro atoms. The molecular formula is C10H11N3OS. The number of carbonyl (C=O) groups excluding carboxylic acids is 1. The third kappa shape index (κ3) is 1.97. The van der Waals surface area contributed by atoms with E-state index in [1.54, 1.807) is 27.8 Å². The van der Waals surface area contributed by atoms with Crippen LogP contribution in [0, 0.1) is 0 Å². The van der Waals surface area contributed by atoms with E-state index in [-0.39, 0.29) is 5.78 Å². The molecule has 5 heteroatoms. The van der Waals surface area contributed by atoms with Gasteiger partial charge in [-0.2, -0.15) is 5.10 Å². The van der Waals surface area contributed by atoms with Gasteiger partial charge in [0, 0.05) is 18.1 Å². The molecule has 0 aliphatic heterocycles. The molecule has 0 amide bonds. The first kappa shape index (κ1) is 10.0. The van der Waals surface area contributed by atoms with Crippen molar-refractivity contribution < 1.29 is 4.79 Å². The lowest BCUT2D eigenvalue weighted by Crippen LogP contribution is -2.11. The minimum atomic E-state index is -0.0535. The number of hydrogen-bond acceptors (Lipinski definition) is 4. The number of aromatic nitrogens is 3. The number of aryl methyl sites for hydroxylation is 1. The van der Waals surface area contributed by atoms with Gasteiger partial charge in [0.25, 0.3) is 0 Å². The monoisotopic (exact) mass is 221 g/mol. The van der Waals surface area contributed by atoms with Crippen molar-refractivity contribution >= 4 is 17.1 Å². The highest BCUT2D eigenvalue weighted by Gasteiger charge is 2.15. The summed E-state index contributed by atoms with van der Waals surface area (Å²) in [5, 5.41) is 5.86. The zero-order chi connectivity index (χ0) is 10.7. The van der Waals surface area contributed by atoms with Crippen LogP contribution in [0.2, 0.25) is 0 Å². The van der Waals surface area contributed by atoms with Crippen molar-refractivity contribution in [1.29, 1.82) is 0 Å². The Morgan fingerprint density at radius 1 is 1.60 bits per heavy atom. The maximum absolute atomic E-state index is 11.9. The first-order valence-corrected chi connectivity index (χ1v) is 5.72. The molecule has 0 saturated carbocycles. The summed E-state index contributed by atoms with van der Waals surface area (Å²) in [6.45, 7) is 2.82. The van der Waals surface area contributed by atoms with E-state index in [0.29, 0.717) is 11.4 Å². The van der Waals surface area contributed by atoms with Gasteiger partial charge in [0.05, 0.1) is 5.51 Å². The zero-order valence-corrected chi connectivity index (χ0v) is 9.20. The number of ketones is 1. The molecule has 2 aromatic heterocycles. The average Bonchev–Trinajstić information content (AvgIpc) is 2.87. The van der Waals surface area contributed by atoms with Gasteiger partial charge in [-0.25, -0.2) is 4.98 Å². The number of thiazole rings is 1. The topological polar surface area (TPSA) is 47.8 Å². The van der Waals surface area contributed by atoms with E-state index in [4.69, 9.17) is 0 Å². The van der Waals surface area contributed by atoms with Crippen molar-refractivity contribution in [2.75, 3.05) is 0 Å². The smallest absolute Gasteiger partial charge is 0.230 e. The van der Waals surface area contributed by atoms with Crippen molar-refractivity contribution in [3.63, 3.8) is 0 Å². The molecule has 0 atom stereocenters. The van der Waals surface area contributed by atoms with E-state index in [1.165, 1.54) is 11.3 Å². The van der Waals surface area contributed by atoms with Crippen LogP contribution in [0.25, 0.3) is 0 Å². The molecule has 78 valence electrons. The molecule has 0 bridgehead atoms. The predicted octanol–water partition coefficient (Wildman–Crippen LogP) is 1.98. The number of nitrogens with zero attached hydrogens (tertiary/aromatic N) is 3. The Bertz CT molecular complexity index is 447. The van der Waals surface area contributed by atoms with Crippen LogP contribution in [0.1, 0.15) is 29.5 Å². The summed E-state index contributed by atoms with van der Waals surface area (Å²) in [6, 6.07) is 1.73. The lowest BCUT2D eigenvalue weighted by molar-refractivity contribution is 0.102. The molecule has 2 heterocycles. The largest absolute Gasteiger partial charge is 0.285 e. The zero-order valence-electron chi connectivity index (χ0n) is 8.38. The Labute approximate surface area is 91.6 Å². The summed E-state index contributed by atoms with van der Waals surface area (Å²) in [7, 11) is 0. The van der Waals surface area contributed by atoms with Gasteiger partial charge in [0.15, 0.2) is 0 Å². The van der Waals surface area contributed by atoms with Crippen LogP contribution in [0.3, 0.4) is 0 Å². The van der Waals surface area contributed by atoms with E-state index in [0.717, 1.165) is 13.0 Å². The molecular weight excluding hydrogens is 210 g/mol. The van der Waals surface area contributed by atoms with Gasteiger partial charge in [-0.3, -0.25) is 9.48 Å². The third-order valence-corrected chi connectivity index (χ3v) is 2.64. The highest BCUT2D eigenvalue weighted by atomic mass is 32.1. The standard InChI is InChI=1S/C10H11N3OS/c1-2-5-13-9(3-4-12-13)10(14)8-6-15-7-11-8/h3-4,6-7H,2,5H2,1H3. The van der Waals surface area contributed by atoms with E-state index >= 15 is 0 Å². The van der Waals surface area contributed by atoms with E-state index in [1.807, 2.05) is 0 Å². The normalized spacial score (nSPS) is 10.5. The second-order valence-corrected chi connectivity index (χ2v) is 3.86. The lowest BCUT2D eigenvalue weighted by atomic mass is 10.2. The molecule has 2 rings (SSSR count). The molecule has 0 aromatic carbocycles. The van der Waals surface area contributed by atoms with E-state index in [9.17, 15) is 4.79 Å². The predicted molar refractivity (Wildman–Crippen MR) is 58.1 cm³/mol. The van der Waals surface area contributed by atoms with Crippen LogP contribution in [0.4, 0.5) is 0 Å². The van der Waals surface area contributed by atoms with Gasteiger partial charge in [-0.05, 0) is 12.5 Å². The molecule has 0 aliphatic carbocycles. The van der Waals surface area contributed by atoms with Gasteiger partial charge < -0.3 is 0 Å². The Morgan fingerprint density at radius 3 is 3.13 bits per heavy atom. The molecule has 0 unspecified atom stereocenters. The molecule has 0 saturated heterocycles. The quantitative estimate of drug-likeness (QED) is 0.742. The Morgan fingerprint density at radius 2 is 2.47 bits per heavy atom. The van der Waals surface area contributed by atoms with Gasteiger partial charge in [-0.15, -0.1) is 11.3 Å². The maximum Gasteiger partial charge on any atom is 0.230 e. The van der Waals surface area contributed by atoms with Crippen molar-refractivity contribution in [3.8, 4) is 0 Å². The Hall–Kier alpha value is -1.49. The van der Waals surface area contributed by atoms with Crippen LogP contribution in [0.15, 0.2) is 23.2 Å². The van der Waals surface area contributed by atoms with Crippen LogP contribution in [-0.2, 0) is 6.54 Å². The van der Waals surface area contributed by atoms with Crippen molar-refractivity contribution in [3.05, 3.63) is 34.5 Å². The fourth-order valence-corrected chi connectivity index (χ4v) is 1.90. The third-order valence-electron chi connectivity index (χ3n) is 2.05. The Balaban J connectivity index is 2.29. The Kier molecular flexibility index (Phi) is 2.91. The van der Waals surface area contributed by atoms with Crippen LogP contribution in [0.5, 0.6) is 0 Å². The van der Waals surface area contributed by atoms with E-state index < -0.39 is 0 Å². The number of hydrogen-bond donors (Lipinski definition) is 0. The van der Waals surface area contributed by atoms with Crippen molar-refractivity contribution in [1.82, 2.24) is 14.8 Å². The maximum atomic E-state index is 11.9. The molecule has 4 nitrogen and oxygen atoms in total. The molecule has 0 fully saturated rings. The van der Waals surface area contributed by atoms with Gasteiger partial charge in [-0.1, -0.05) is 6.92 Å². The van der Waals surface area contributed by atoms with Gasteiger partial charge >= 0.3 is 0 Å². The first-order chi connectivity index (χ1) is 7.33. The van der Waals surface area contributed by atoms with Gasteiger partial charge in [0.2, 0.25) is 5.78 Å². The highest BCUT2D eigenvalue weighted by molar-refractivity contribution is 7.07. The summed E-state index contributed by atoms with van der Waals surface area (Å²) in [6.07, 6.45) is 2.61. The van der Waals surface area contributed by atoms with Crippen molar-refractivity contribution in [2.45, 2.75) is 19.9 Å². The number of carbonyl (C=O) groups is 1. The highest BCUT2D eigenvalue weighted by Crippen LogP contribution is 2.10. The minimum absolute atomic E-state index is 0.0535. The molecule has 15 heavy (non-hydrogen) atoms. The van der Waals surface area contributed by atoms with Gasteiger partial charge in [0.1, 0.15) is 11.4 Å². The second-order valence-electron chi connectivity index (χ2n) is 3.14. The summed E-state index contributed by atoms with van der Waals surface area (Å²) < 4.78 is 1.72. The minimum Gasteiger partial charge on any atom is -0.285 e. The molecule has 0 N–H and O–H groups in total. The average molecular weight is 221 g/mol. The summed E-state index contributed by atoms with van der Waals surface area (Å²) >= 11 is 1.42. The molecule has 2 aromatic rings. The molecule has 0 radical (unpaired) electrons. The van der Waals surface area contributed by atoms with E-state index in [2.05, 4.69) is 17.0 Å². The fraction of sp³-hybridized carbons (Fsp3) is 0.300. The second kappa shape index (κ2) is 4.35. The number of rotatable bonds is 4. The van der Waals surface area contributed by atoms with Crippen molar-refractivity contribution in [2.24, 2.45) is 0 Å². The lowest BCUT2D eigenvalue weighted by Gasteiger charge is -2.02. The summed E-state index contributed by atoms with van der Waals surface area (Å²) in [4.78, 5) is 15.9. The van der Waals surface area contributed by atoms with Crippen LogP contribution >= 0.6 is 11.3 Å². The fourth-order valence-electron chi connectivity index (χ4n) is 1.37. The summed E-state index contributed by atoms with van der Waals surface area (Å²) in [5.41, 5.74) is 2.77.